The summed E-state index contributed by atoms with van der Waals surface area (Å²) in [6.07, 6.45) is 1.03. The summed E-state index contributed by atoms with van der Waals surface area (Å²) in [6.45, 7) is 7.59. The third kappa shape index (κ3) is 3.47. The molecule has 7 heteroatoms. The van der Waals surface area contributed by atoms with Crippen molar-refractivity contribution in [2.45, 2.75) is 33.8 Å². The zero-order chi connectivity index (χ0) is 20.7. The van der Waals surface area contributed by atoms with Crippen LogP contribution < -0.4 is 15.4 Å². The number of benzene rings is 2. The van der Waals surface area contributed by atoms with Gasteiger partial charge in [0, 0.05) is 5.69 Å². The predicted molar refractivity (Wildman–Crippen MR) is 111 cm³/mol. The van der Waals surface area contributed by atoms with Gasteiger partial charge >= 0.3 is 0 Å². The molecule has 0 saturated heterocycles. The summed E-state index contributed by atoms with van der Waals surface area (Å²) >= 11 is 0. The Bertz CT molecular complexity index is 1130. The van der Waals surface area contributed by atoms with Gasteiger partial charge in [-0.2, -0.15) is 5.10 Å². The molecular weight excluding hydrogens is 368 g/mol. The van der Waals surface area contributed by atoms with E-state index in [9.17, 15) is 9.59 Å². The quantitative estimate of drug-likeness (QED) is 0.713. The van der Waals surface area contributed by atoms with Crippen LogP contribution in [0.1, 0.15) is 34.1 Å². The zero-order valence-corrected chi connectivity index (χ0v) is 16.7. The van der Waals surface area contributed by atoms with Crippen LogP contribution in [0.2, 0.25) is 0 Å². The van der Waals surface area contributed by atoms with Crippen molar-refractivity contribution in [3.63, 3.8) is 0 Å². The van der Waals surface area contributed by atoms with E-state index in [0.29, 0.717) is 22.7 Å². The lowest BCUT2D eigenvalue weighted by Crippen LogP contribution is -2.34. The van der Waals surface area contributed by atoms with Gasteiger partial charge in [-0.25, -0.2) is 4.68 Å². The summed E-state index contributed by atoms with van der Waals surface area (Å²) in [4.78, 5) is 24.6. The molecule has 2 amide bonds. The molecule has 2 heterocycles. The number of anilines is 2. The molecule has 148 valence electrons. The molecule has 1 atom stereocenters. The number of aryl methyl sites for hydroxylation is 2. The normalized spacial score (nSPS) is 15.3. The highest BCUT2D eigenvalue weighted by Crippen LogP contribution is 2.32. The molecule has 0 fully saturated rings. The number of nitrogens with zero attached hydrogens (tertiary/aromatic N) is 2. The van der Waals surface area contributed by atoms with Gasteiger partial charge in [-0.15, -0.1) is 0 Å². The molecular formula is C22H22N4O3. The second kappa shape index (κ2) is 7.09. The van der Waals surface area contributed by atoms with E-state index in [1.807, 2.05) is 39.0 Å². The first-order valence-electron chi connectivity index (χ1n) is 9.38. The first kappa shape index (κ1) is 18.7. The maximum atomic E-state index is 12.8. The van der Waals surface area contributed by atoms with E-state index in [1.165, 1.54) is 0 Å². The van der Waals surface area contributed by atoms with Gasteiger partial charge in [0.05, 0.1) is 28.8 Å². The van der Waals surface area contributed by atoms with Gasteiger partial charge in [-0.3, -0.25) is 9.59 Å². The summed E-state index contributed by atoms with van der Waals surface area (Å²) in [5.74, 6) is 0.0936. The van der Waals surface area contributed by atoms with E-state index < -0.39 is 6.10 Å². The Labute approximate surface area is 168 Å². The fourth-order valence-corrected chi connectivity index (χ4v) is 3.31. The van der Waals surface area contributed by atoms with Crippen molar-refractivity contribution >= 4 is 23.2 Å². The second-order valence-electron chi connectivity index (χ2n) is 7.26. The topological polar surface area (TPSA) is 85.3 Å². The molecule has 1 aliphatic heterocycles. The van der Waals surface area contributed by atoms with Crippen molar-refractivity contribution in [3.05, 3.63) is 65.0 Å². The first-order chi connectivity index (χ1) is 13.8. The van der Waals surface area contributed by atoms with E-state index in [2.05, 4.69) is 15.7 Å². The van der Waals surface area contributed by atoms with Crippen LogP contribution in [-0.2, 0) is 4.79 Å². The van der Waals surface area contributed by atoms with Crippen LogP contribution in [0.4, 0.5) is 11.4 Å². The Kier molecular flexibility index (Phi) is 4.58. The van der Waals surface area contributed by atoms with E-state index in [1.54, 1.807) is 36.0 Å². The van der Waals surface area contributed by atoms with Crippen LogP contribution in [0.25, 0.3) is 5.69 Å². The van der Waals surface area contributed by atoms with Gasteiger partial charge in [0.25, 0.3) is 11.8 Å². The molecule has 0 spiro atoms. The number of hydrogen-bond acceptors (Lipinski definition) is 4. The first-order valence-corrected chi connectivity index (χ1v) is 9.38. The maximum absolute atomic E-state index is 12.8. The number of nitrogens with one attached hydrogen (secondary N) is 2. The fourth-order valence-electron chi connectivity index (χ4n) is 3.31. The summed E-state index contributed by atoms with van der Waals surface area (Å²) in [7, 11) is 0. The van der Waals surface area contributed by atoms with Crippen molar-refractivity contribution in [2.24, 2.45) is 0 Å². The highest BCUT2D eigenvalue weighted by molar-refractivity contribution is 6.06. The third-order valence-corrected chi connectivity index (χ3v) is 5.02. The number of hydrogen-bond donors (Lipinski definition) is 2. The molecule has 0 bridgehead atoms. The number of aromatic nitrogens is 2. The molecule has 0 aliphatic carbocycles. The minimum atomic E-state index is -0.540. The van der Waals surface area contributed by atoms with Crippen LogP contribution >= 0.6 is 0 Å². The number of rotatable bonds is 3. The van der Waals surface area contributed by atoms with Crippen LogP contribution in [-0.4, -0.2) is 27.7 Å². The molecule has 1 aliphatic rings. The number of ether oxygens (including phenoxy) is 1. The molecule has 3 aromatic rings. The Balaban J connectivity index is 1.59. The summed E-state index contributed by atoms with van der Waals surface area (Å²) in [6, 6.07) is 11.3. The van der Waals surface area contributed by atoms with Gasteiger partial charge in [-0.1, -0.05) is 12.1 Å². The molecule has 29 heavy (non-hydrogen) atoms. The summed E-state index contributed by atoms with van der Waals surface area (Å²) in [5.41, 5.74) is 5.48. The molecule has 1 unspecified atom stereocenters. The molecule has 4 rings (SSSR count). The Morgan fingerprint density at radius 2 is 1.97 bits per heavy atom. The minimum Gasteiger partial charge on any atom is -0.479 e. The highest BCUT2D eigenvalue weighted by atomic mass is 16.5. The number of carbonyl (C=O) groups excluding carboxylic acids is 2. The Hall–Kier alpha value is -3.61. The summed E-state index contributed by atoms with van der Waals surface area (Å²) in [5, 5.41) is 10.1. The van der Waals surface area contributed by atoms with Gasteiger partial charge in [-0.05, 0) is 63.1 Å². The van der Waals surface area contributed by atoms with Crippen molar-refractivity contribution in [3.8, 4) is 11.4 Å². The monoisotopic (exact) mass is 390 g/mol. The minimum absolute atomic E-state index is 0.216. The van der Waals surface area contributed by atoms with Gasteiger partial charge in [0.2, 0.25) is 0 Å². The molecule has 2 N–H and O–H groups in total. The Morgan fingerprint density at radius 3 is 2.76 bits per heavy atom. The average molecular weight is 390 g/mol. The van der Waals surface area contributed by atoms with Crippen LogP contribution in [0.3, 0.4) is 0 Å². The zero-order valence-electron chi connectivity index (χ0n) is 16.7. The van der Waals surface area contributed by atoms with Gasteiger partial charge < -0.3 is 15.4 Å². The van der Waals surface area contributed by atoms with Crippen LogP contribution in [0.15, 0.2) is 42.6 Å². The molecule has 7 nitrogen and oxygen atoms in total. The van der Waals surface area contributed by atoms with Crippen molar-refractivity contribution in [1.82, 2.24) is 9.78 Å². The Morgan fingerprint density at radius 1 is 1.17 bits per heavy atom. The molecule has 2 aromatic carbocycles. The maximum Gasteiger partial charge on any atom is 0.265 e. The molecule has 0 radical (unpaired) electrons. The smallest absolute Gasteiger partial charge is 0.265 e. The van der Waals surface area contributed by atoms with Crippen molar-refractivity contribution in [1.29, 1.82) is 0 Å². The van der Waals surface area contributed by atoms with E-state index in [4.69, 9.17) is 4.74 Å². The molecule has 0 saturated carbocycles. The van der Waals surface area contributed by atoms with Gasteiger partial charge in [0.1, 0.15) is 5.75 Å². The predicted octanol–water partition coefficient (Wildman–Crippen LogP) is 3.77. The van der Waals surface area contributed by atoms with Crippen LogP contribution in [0, 0.1) is 20.8 Å². The van der Waals surface area contributed by atoms with Crippen LogP contribution in [0.5, 0.6) is 5.75 Å². The molecule has 1 aromatic heterocycles. The standard InChI is InChI=1S/C22H22N4O3/c1-12-5-6-13(2)19(9-12)26-14(3)17(11-23-26)22(28)24-16-7-8-20-18(10-16)25-21(27)15(4)29-20/h5-11,15H,1-4H3,(H,24,28)(H,25,27). The highest BCUT2D eigenvalue weighted by Gasteiger charge is 2.24. The lowest BCUT2D eigenvalue weighted by molar-refractivity contribution is -0.122. The third-order valence-electron chi connectivity index (χ3n) is 5.02. The van der Waals surface area contributed by atoms with E-state index in [0.717, 1.165) is 22.5 Å². The number of fused-ring (bicyclic) bond motifs is 1. The lowest BCUT2D eigenvalue weighted by atomic mass is 10.1. The van der Waals surface area contributed by atoms with Crippen molar-refractivity contribution < 1.29 is 14.3 Å². The summed E-state index contributed by atoms with van der Waals surface area (Å²) < 4.78 is 7.32. The van der Waals surface area contributed by atoms with E-state index in [-0.39, 0.29) is 11.8 Å². The lowest BCUT2D eigenvalue weighted by Gasteiger charge is -2.23. The second-order valence-corrected chi connectivity index (χ2v) is 7.26. The number of carbonyl (C=O) groups is 2. The van der Waals surface area contributed by atoms with E-state index >= 15 is 0 Å². The fraction of sp³-hybridized carbons (Fsp3) is 0.227. The van der Waals surface area contributed by atoms with Crippen molar-refractivity contribution in [2.75, 3.05) is 10.6 Å². The SMILES string of the molecule is Cc1ccc(C)c(-n2ncc(C(=O)Nc3ccc4c(c3)NC(=O)C(C)O4)c2C)c1. The average Bonchev–Trinajstić information content (AvgIpc) is 3.06. The number of amides is 2. The van der Waals surface area contributed by atoms with Gasteiger partial charge in [0.15, 0.2) is 6.10 Å². The largest absolute Gasteiger partial charge is 0.479 e.